The van der Waals surface area contributed by atoms with Crippen LogP contribution in [0.15, 0.2) is 30.3 Å². The molecule has 0 aliphatic rings. The lowest BCUT2D eigenvalue weighted by molar-refractivity contribution is 0.578. The molecule has 21 heavy (non-hydrogen) atoms. The SMILES string of the molecule is N#Cc1cc(F)c(NCCc2cc(F)cc(F)c2)c(F)c1. The van der Waals surface area contributed by atoms with E-state index in [-0.39, 0.29) is 24.2 Å². The summed E-state index contributed by atoms with van der Waals surface area (Å²) in [5.74, 6) is -3.20. The van der Waals surface area contributed by atoms with E-state index in [1.807, 2.05) is 0 Å². The van der Waals surface area contributed by atoms with E-state index in [1.165, 1.54) is 0 Å². The molecule has 0 bridgehead atoms. The van der Waals surface area contributed by atoms with Crippen LogP contribution in [-0.2, 0) is 6.42 Å². The Morgan fingerprint density at radius 1 is 0.905 bits per heavy atom. The van der Waals surface area contributed by atoms with Gasteiger partial charge in [0.1, 0.15) is 17.3 Å². The lowest BCUT2D eigenvalue weighted by atomic mass is 10.1. The average Bonchev–Trinajstić information content (AvgIpc) is 2.40. The molecule has 0 aromatic heterocycles. The summed E-state index contributed by atoms with van der Waals surface area (Å²) in [5, 5.41) is 11.1. The average molecular weight is 294 g/mol. The Morgan fingerprint density at radius 2 is 1.48 bits per heavy atom. The molecule has 0 unspecified atom stereocenters. The topological polar surface area (TPSA) is 35.8 Å². The minimum Gasteiger partial charge on any atom is -0.380 e. The summed E-state index contributed by atoms with van der Waals surface area (Å²) in [7, 11) is 0. The monoisotopic (exact) mass is 294 g/mol. The van der Waals surface area contributed by atoms with Gasteiger partial charge in [0.2, 0.25) is 0 Å². The lowest BCUT2D eigenvalue weighted by Crippen LogP contribution is -2.09. The number of nitrogens with one attached hydrogen (secondary N) is 1. The van der Waals surface area contributed by atoms with Crippen molar-refractivity contribution in [1.82, 2.24) is 0 Å². The number of benzene rings is 2. The summed E-state index contributed by atoms with van der Waals surface area (Å²) in [5.41, 5.74) is -0.122. The second-order valence-corrected chi connectivity index (χ2v) is 4.38. The van der Waals surface area contributed by atoms with Crippen LogP contribution in [0.2, 0.25) is 0 Å². The predicted octanol–water partition coefficient (Wildman–Crippen LogP) is 3.77. The van der Waals surface area contributed by atoms with Crippen molar-refractivity contribution >= 4 is 5.69 Å². The van der Waals surface area contributed by atoms with Crippen molar-refractivity contribution < 1.29 is 17.6 Å². The fourth-order valence-corrected chi connectivity index (χ4v) is 1.89. The second kappa shape index (κ2) is 6.27. The Kier molecular flexibility index (Phi) is 4.43. The van der Waals surface area contributed by atoms with E-state index >= 15 is 0 Å². The van der Waals surface area contributed by atoms with Gasteiger partial charge >= 0.3 is 0 Å². The smallest absolute Gasteiger partial charge is 0.150 e. The largest absolute Gasteiger partial charge is 0.380 e. The summed E-state index contributed by atoms with van der Waals surface area (Å²) in [6.45, 7) is 0.0859. The van der Waals surface area contributed by atoms with Crippen LogP contribution in [0.4, 0.5) is 23.2 Å². The molecule has 0 fully saturated rings. The summed E-state index contributed by atoms with van der Waals surface area (Å²) in [6, 6.07) is 6.50. The molecule has 0 saturated carbocycles. The van der Waals surface area contributed by atoms with Gasteiger partial charge in [-0.2, -0.15) is 5.26 Å². The molecule has 2 rings (SSSR count). The number of hydrogen-bond donors (Lipinski definition) is 1. The van der Waals surface area contributed by atoms with Crippen molar-refractivity contribution in [1.29, 1.82) is 5.26 Å². The van der Waals surface area contributed by atoms with Gasteiger partial charge in [-0.25, -0.2) is 17.6 Å². The third kappa shape index (κ3) is 3.72. The van der Waals surface area contributed by atoms with Gasteiger partial charge in [0, 0.05) is 12.6 Å². The Balaban J connectivity index is 2.05. The van der Waals surface area contributed by atoms with Crippen LogP contribution < -0.4 is 5.32 Å². The van der Waals surface area contributed by atoms with E-state index in [4.69, 9.17) is 5.26 Å². The molecule has 0 heterocycles. The van der Waals surface area contributed by atoms with Gasteiger partial charge in [-0.15, -0.1) is 0 Å². The quantitative estimate of drug-likeness (QED) is 0.871. The Hall–Kier alpha value is -2.55. The number of nitrogens with zero attached hydrogens (tertiary/aromatic N) is 1. The van der Waals surface area contributed by atoms with Crippen LogP contribution in [0.1, 0.15) is 11.1 Å². The van der Waals surface area contributed by atoms with Crippen LogP contribution in [0.3, 0.4) is 0 Å². The molecule has 0 saturated heterocycles. The summed E-state index contributed by atoms with van der Waals surface area (Å²) in [6.07, 6.45) is 0.188. The van der Waals surface area contributed by atoms with Gasteiger partial charge < -0.3 is 5.32 Å². The van der Waals surface area contributed by atoms with Crippen molar-refractivity contribution in [3.05, 3.63) is 64.7 Å². The Labute approximate surface area is 118 Å². The van der Waals surface area contributed by atoms with Gasteiger partial charge in [0.05, 0.1) is 11.6 Å². The van der Waals surface area contributed by atoms with Crippen LogP contribution in [0.5, 0.6) is 0 Å². The standard InChI is InChI=1S/C15H10F4N2/c16-11-3-9(4-12(17)7-11)1-2-21-15-13(18)5-10(8-20)6-14(15)19/h3-7,21H,1-2H2. The molecule has 0 radical (unpaired) electrons. The Morgan fingerprint density at radius 3 is 2.00 bits per heavy atom. The second-order valence-electron chi connectivity index (χ2n) is 4.38. The zero-order chi connectivity index (χ0) is 15.4. The molecular weight excluding hydrogens is 284 g/mol. The van der Waals surface area contributed by atoms with E-state index in [0.29, 0.717) is 5.56 Å². The van der Waals surface area contributed by atoms with Gasteiger partial charge in [-0.05, 0) is 36.2 Å². The molecular formula is C15H10F4N2. The third-order valence-electron chi connectivity index (χ3n) is 2.81. The number of rotatable bonds is 4. The van der Waals surface area contributed by atoms with Crippen molar-refractivity contribution in [2.75, 3.05) is 11.9 Å². The summed E-state index contributed by atoms with van der Waals surface area (Å²) in [4.78, 5) is 0. The first kappa shape index (κ1) is 14.9. The fourth-order valence-electron chi connectivity index (χ4n) is 1.89. The van der Waals surface area contributed by atoms with Crippen molar-refractivity contribution in [3.8, 4) is 6.07 Å². The molecule has 0 aliphatic carbocycles. The van der Waals surface area contributed by atoms with Crippen LogP contribution in [-0.4, -0.2) is 6.54 Å². The molecule has 0 atom stereocenters. The maximum absolute atomic E-state index is 13.6. The van der Waals surface area contributed by atoms with Crippen LogP contribution in [0.25, 0.3) is 0 Å². The zero-order valence-corrected chi connectivity index (χ0v) is 10.8. The Bertz CT molecular complexity index is 664. The lowest BCUT2D eigenvalue weighted by Gasteiger charge is -2.09. The van der Waals surface area contributed by atoms with E-state index in [1.54, 1.807) is 6.07 Å². The minimum absolute atomic E-state index is 0.0859. The number of hydrogen-bond acceptors (Lipinski definition) is 2. The molecule has 0 spiro atoms. The van der Waals surface area contributed by atoms with Gasteiger partial charge in [0.25, 0.3) is 0 Å². The molecule has 0 aliphatic heterocycles. The maximum Gasteiger partial charge on any atom is 0.150 e. The molecule has 6 heteroatoms. The van der Waals surface area contributed by atoms with E-state index < -0.39 is 23.3 Å². The van der Waals surface area contributed by atoms with E-state index in [2.05, 4.69) is 5.32 Å². The van der Waals surface area contributed by atoms with Crippen LogP contribution >= 0.6 is 0 Å². The van der Waals surface area contributed by atoms with Gasteiger partial charge in [-0.1, -0.05) is 0 Å². The molecule has 2 nitrogen and oxygen atoms in total. The molecule has 0 amide bonds. The zero-order valence-electron chi connectivity index (χ0n) is 10.8. The highest BCUT2D eigenvalue weighted by atomic mass is 19.1. The summed E-state index contributed by atoms with van der Waals surface area (Å²) < 4.78 is 53.1. The number of nitriles is 1. The van der Waals surface area contributed by atoms with Crippen LogP contribution in [0, 0.1) is 34.6 Å². The molecule has 1 N–H and O–H groups in total. The van der Waals surface area contributed by atoms with E-state index in [9.17, 15) is 17.6 Å². The predicted molar refractivity (Wildman–Crippen MR) is 69.6 cm³/mol. The van der Waals surface area contributed by atoms with Crippen molar-refractivity contribution in [3.63, 3.8) is 0 Å². The highest BCUT2D eigenvalue weighted by molar-refractivity contribution is 5.50. The molecule has 108 valence electrons. The normalized spacial score (nSPS) is 10.2. The van der Waals surface area contributed by atoms with Crippen molar-refractivity contribution in [2.45, 2.75) is 6.42 Å². The number of halogens is 4. The van der Waals surface area contributed by atoms with Crippen molar-refractivity contribution in [2.24, 2.45) is 0 Å². The number of anilines is 1. The first-order valence-corrected chi connectivity index (χ1v) is 6.07. The van der Waals surface area contributed by atoms with Gasteiger partial charge in [-0.3, -0.25) is 0 Å². The first-order valence-electron chi connectivity index (χ1n) is 6.07. The minimum atomic E-state index is -0.892. The first-order chi connectivity index (χ1) is 9.99. The fraction of sp³-hybridized carbons (Fsp3) is 0.133. The molecule has 2 aromatic rings. The van der Waals surface area contributed by atoms with Gasteiger partial charge in [0.15, 0.2) is 11.6 Å². The maximum atomic E-state index is 13.6. The highest BCUT2D eigenvalue weighted by Gasteiger charge is 2.11. The molecule has 2 aromatic carbocycles. The van der Waals surface area contributed by atoms with E-state index in [0.717, 1.165) is 30.3 Å². The third-order valence-corrected chi connectivity index (χ3v) is 2.81. The highest BCUT2D eigenvalue weighted by Crippen LogP contribution is 2.20. The summed E-state index contributed by atoms with van der Waals surface area (Å²) >= 11 is 0.